The fourth-order valence-electron chi connectivity index (χ4n) is 0.610. The molecule has 0 radical (unpaired) electrons. The van der Waals surface area contributed by atoms with Crippen LogP contribution in [0.1, 0.15) is 33.6 Å². The summed E-state index contributed by atoms with van der Waals surface area (Å²) in [4.78, 5) is 0. The zero-order valence-electron chi connectivity index (χ0n) is 12.0. The number of hydrogen-bond donors (Lipinski definition) is 7. The van der Waals surface area contributed by atoms with E-state index in [4.69, 9.17) is 30.6 Å². The molecule has 7 N–H and O–H groups in total. The highest BCUT2D eigenvalue weighted by Gasteiger charge is 2.29. The molecule has 0 spiro atoms. The number of aliphatic hydroxyl groups is 7. The van der Waals surface area contributed by atoms with E-state index < -0.39 is 17.8 Å². The van der Waals surface area contributed by atoms with E-state index >= 15 is 0 Å². The molecule has 7 heteroatoms. The lowest BCUT2D eigenvalue weighted by atomic mass is 9.96. The minimum absolute atomic E-state index is 0.0938. The standard InChI is InChI=1S/C6H14O3.2C3H8O2/c1-3-6(9,4-7)5(2)8;1-3(5)2-4;4-2-1-3-5/h5,7-9H,3-4H2,1-2H3;3-5H,2H2,1H3;4-5H,1-3H2. The molecule has 0 saturated heterocycles. The average molecular weight is 286 g/mol. The van der Waals surface area contributed by atoms with Gasteiger partial charge in [0.05, 0.1) is 25.4 Å². The summed E-state index contributed by atoms with van der Waals surface area (Å²) in [5, 5.41) is 58.4. The molecule has 0 aromatic heterocycles. The Morgan fingerprint density at radius 2 is 1.32 bits per heavy atom. The van der Waals surface area contributed by atoms with Gasteiger partial charge in [-0.05, 0) is 26.7 Å². The molecule has 0 aromatic rings. The largest absolute Gasteiger partial charge is 0.396 e. The topological polar surface area (TPSA) is 142 Å². The van der Waals surface area contributed by atoms with E-state index in [9.17, 15) is 5.11 Å². The SMILES string of the molecule is CC(O)CO.CCC(O)(CO)C(C)O.OCCCO. The van der Waals surface area contributed by atoms with Crippen molar-refractivity contribution in [3.05, 3.63) is 0 Å². The van der Waals surface area contributed by atoms with Crippen molar-refractivity contribution in [1.29, 1.82) is 0 Å². The summed E-state index contributed by atoms with van der Waals surface area (Å²) in [6.45, 7) is 4.36. The summed E-state index contributed by atoms with van der Waals surface area (Å²) >= 11 is 0. The van der Waals surface area contributed by atoms with E-state index in [1.54, 1.807) is 6.92 Å². The van der Waals surface area contributed by atoms with Gasteiger partial charge in [-0.2, -0.15) is 0 Å². The quantitative estimate of drug-likeness (QED) is 0.306. The zero-order valence-corrected chi connectivity index (χ0v) is 12.0. The minimum Gasteiger partial charge on any atom is -0.396 e. The van der Waals surface area contributed by atoms with Crippen LogP contribution in [0.15, 0.2) is 0 Å². The normalized spacial score (nSPS) is 16.1. The molecule has 3 unspecified atom stereocenters. The van der Waals surface area contributed by atoms with E-state index in [1.165, 1.54) is 13.8 Å². The molecule has 0 aromatic carbocycles. The second kappa shape index (κ2) is 15.8. The summed E-state index contributed by atoms with van der Waals surface area (Å²) in [7, 11) is 0. The molecule has 0 aliphatic carbocycles. The molecule has 0 aliphatic heterocycles. The van der Waals surface area contributed by atoms with E-state index in [1.807, 2.05) is 0 Å². The van der Waals surface area contributed by atoms with Gasteiger partial charge in [-0.1, -0.05) is 6.92 Å². The van der Waals surface area contributed by atoms with Crippen LogP contribution in [0.5, 0.6) is 0 Å². The first-order valence-corrected chi connectivity index (χ1v) is 6.27. The van der Waals surface area contributed by atoms with Crippen molar-refractivity contribution in [1.82, 2.24) is 0 Å². The van der Waals surface area contributed by atoms with E-state index in [0.717, 1.165) is 0 Å². The molecule has 19 heavy (non-hydrogen) atoms. The highest BCUT2D eigenvalue weighted by molar-refractivity contribution is 4.80. The minimum atomic E-state index is -1.31. The van der Waals surface area contributed by atoms with Crippen LogP contribution in [0, 0.1) is 0 Å². The number of rotatable bonds is 6. The fourth-order valence-corrected chi connectivity index (χ4v) is 0.610. The van der Waals surface area contributed by atoms with Gasteiger partial charge in [0.1, 0.15) is 5.60 Å². The Morgan fingerprint density at radius 1 is 0.947 bits per heavy atom. The maximum atomic E-state index is 9.21. The van der Waals surface area contributed by atoms with Crippen molar-refractivity contribution in [2.24, 2.45) is 0 Å². The van der Waals surface area contributed by atoms with Crippen LogP contribution in [0.3, 0.4) is 0 Å². The summed E-state index contributed by atoms with van der Waals surface area (Å²) in [6.07, 6.45) is -0.566. The maximum absolute atomic E-state index is 9.21. The van der Waals surface area contributed by atoms with Gasteiger partial charge in [-0.15, -0.1) is 0 Å². The van der Waals surface area contributed by atoms with Crippen LogP contribution < -0.4 is 0 Å². The molecular formula is C12H30O7. The van der Waals surface area contributed by atoms with Gasteiger partial charge in [0, 0.05) is 13.2 Å². The van der Waals surface area contributed by atoms with Gasteiger partial charge >= 0.3 is 0 Å². The van der Waals surface area contributed by atoms with Crippen LogP contribution in [-0.4, -0.2) is 80.0 Å². The first kappa shape index (κ1) is 23.8. The molecule has 0 fully saturated rings. The summed E-state index contributed by atoms with van der Waals surface area (Å²) in [5.74, 6) is 0. The predicted molar refractivity (Wildman–Crippen MR) is 71.6 cm³/mol. The zero-order chi connectivity index (χ0) is 15.9. The van der Waals surface area contributed by atoms with Crippen molar-refractivity contribution in [2.75, 3.05) is 26.4 Å². The van der Waals surface area contributed by atoms with Crippen LogP contribution in [0.2, 0.25) is 0 Å². The summed E-state index contributed by atoms with van der Waals surface area (Å²) in [5.41, 5.74) is -1.31. The van der Waals surface area contributed by atoms with Crippen molar-refractivity contribution in [3.63, 3.8) is 0 Å². The molecule has 0 heterocycles. The van der Waals surface area contributed by atoms with Crippen molar-refractivity contribution >= 4 is 0 Å². The number of aliphatic hydroxyl groups excluding tert-OH is 6. The third-order valence-corrected chi connectivity index (χ3v) is 2.24. The maximum Gasteiger partial charge on any atom is 0.113 e. The third-order valence-electron chi connectivity index (χ3n) is 2.24. The fraction of sp³-hybridized carbons (Fsp3) is 1.00. The first-order valence-electron chi connectivity index (χ1n) is 6.27. The number of hydrogen-bond acceptors (Lipinski definition) is 7. The second-order valence-electron chi connectivity index (χ2n) is 4.12. The lowest BCUT2D eigenvalue weighted by Crippen LogP contribution is -2.43. The van der Waals surface area contributed by atoms with Gasteiger partial charge in [0.25, 0.3) is 0 Å². The predicted octanol–water partition coefficient (Wildman–Crippen LogP) is -1.78. The van der Waals surface area contributed by atoms with Crippen LogP contribution in [0.25, 0.3) is 0 Å². The van der Waals surface area contributed by atoms with Crippen molar-refractivity contribution in [3.8, 4) is 0 Å². The molecule has 0 saturated carbocycles. The van der Waals surface area contributed by atoms with Gasteiger partial charge in [-0.25, -0.2) is 0 Å². The smallest absolute Gasteiger partial charge is 0.113 e. The molecule has 0 bridgehead atoms. The van der Waals surface area contributed by atoms with E-state index in [-0.39, 0.29) is 26.4 Å². The molecule has 3 atom stereocenters. The molecule has 0 rings (SSSR count). The lowest BCUT2D eigenvalue weighted by Gasteiger charge is -2.26. The Balaban J connectivity index is -0.000000219. The Bertz CT molecular complexity index is 156. The van der Waals surface area contributed by atoms with Gasteiger partial charge < -0.3 is 35.7 Å². The second-order valence-corrected chi connectivity index (χ2v) is 4.12. The molecule has 120 valence electrons. The van der Waals surface area contributed by atoms with Crippen LogP contribution >= 0.6 is 0 Å². The molecular weight excluding hydrogens is 256 g/mol. The van der Waals surface area contributed by atoms with Crippen LogP contribution in [-0.2, 0) is 0 Å². The summed E-state index contributed by atoms with van der Waals surface area (Å²) < 4.78 is 0. The Kier molecular flexibility index (Phi) is 19.8. The van der Waals surface area contributed by atoms with Gasteiger partial charge in [0.2, 0.25) is 0 Å². The average Bonchev–Trinajstić information content (AvgIpc) is 2.39. The van der Waals surface area contributed by atoms with Crippen LogP contribution in [0.4, 0.5) is 0 Å². The van der Waals surface area contributed by atoms with Crippen molar-refractivity contribution < 1.29 is 35.7 Å². The van der Waals surface area contributed by atoms with Gasteiger partial charge in [-0.3, -0.25) is 0 Å². The van der Waals surface area contributed by atoms with Crippen molar-refractivity contribution in [2.45, 2.75) is 51.4 Å². The van der Waals surface area contributed by atoms with E-state index in [2.05, 4.69) is 0 Å². The molecule has 0 aliphatic rings. The third kappa shape index (κ3) is 17.7. The monoisotopic (exact) mass is 286 g/mol. The Labute approximate surface area is 114 Å². The molecule has 7 nitrogen and oxygen atoms in total. The Hall–Kier alpha value is -0.280. The van der Waals surface area contributed by atoms with E-state index in [0.29, 0.717) is 12.8 Å². The highest BCUT2D eigenvalue weighted by atomic mass is 16.4. The first-order chi connectivity index (χ1) is 8.75. The highest BCUT2D eigenvalue weighted by Crippen LogP contribution is 2.13. The van der Waals surface area contributed by atoms with Gasteiger partial charge in [0.15, 0.2) is 0 Å². The lowest BCUT2D eigenvalue weighted by molar-refractivity contribution is -0.0991. The molecule has 0 amide bonds. The Morgan fingerprint density at radius 3 is 1.32 bits per heavy atom. The summed E-state index contributed by atoms with van der Waals surface area (Å²) in [6, 6.07) is 0.